The fraction of sp³-hybridized carbons (Fsp3) is 0.278. The topological polar surface area (TPSA) is 32.3 Å². The lowest BCUT2D eigenvalue weighted by Gasteiger charge is -2.25. The van der Waals surface area contributed by atoms with Gasteiger partial charge in [-0.1, -0.05) is 24.3 Å². The molecule has 3 nitrogen and oxygen atoms in total. The van der Waals surface area contributed by atoms with Crippen LogP contribution in [0.25, 0.3) is 0 Å². The van der Waals surface area contributed by atoms with Crippen LogP contribution in [-0.4, -0.2) is 17.5 Å². The number of halogens is 2. The van der Waals surface area contributed by atoms with Gasteiger partial charge >= 0.3 is 6.03 Å². The molecule has 1 fully saturated rings. The number of carbonyl (C=O) groups excluding carboxylic acids is 1. The van der Waals surface area contributed by atoms with Gasteiger partial charge in [0.15, 0.2) is 0 Å². The van der Waals surface area contributed by atoms with Gasteiger partial charge in [0.2, 0.25) is 0 Å². The van der Waals surface area contributed by atoms with Crippen molar-refractivity contribution in [3.8, 4) is 0 Å². The zero-order chi connectivity index (χ0) is 16.2. The molecule has 23 heavy (non-hydrogen) atoms. The summed E-state index contributed by atoms with van der Waals surface area (Å²) in [5.41, 5.74) is 1.65. The number of rotatable bonds is 3. The van der Waals surface area contributed by atoms with Crippen LogP contribution < -0.4 is 5.32 Å². The minimum atomic E-state index is -0.300. The van der Waals surface area contributed by atoms with E-state index in [0.717, 1.165) is 24.0 Å². The van der Waals surface area contributed by atoms with Crippen LogP contribution in [0.5, 0.6) is 0 Å². The normalized spacial score (nSPS) is 17.3. The molecule has 1 saturated heterocycles. The Morgan fingerprint density at radius 1 is 1.13 bits per heavy atom. The number of likely N-dealkylation sites (tertiary alicyclic amines) is 1. The van der Waals surface area contributed by atoms with Crippen molar-refractivity contribution in [2.75, 3.05) is 6.54 Å². The Bertz CT molecular complexity index is 688. The monoisotopic (exact) mass is 316 g/mol. The molecule has 2 aromatic carbocycles. The maximum atomic E-state index is 13.4. The van der Waals surface area contributed by atoms with Crippen LogP contribution in [0, 0.1) is 11.6 Å². The van der Waals surface area contributed by atoms with Gasteiger partial charge in [-0.15, -0.1) is 0 Å². The number of urea groups is 1. The SMILES string of the molecule is O=C(NCc1ccc(F)cc1)N1CCC[C@@H]1c1cccc(F)c1. The second kappa shape index (κ2) is 6.77. The molecule has 0 unspecified atom stereocenters. The number of benzene rings is 2. The highest BCUT2D eigenvalue weighted by Gasteiger charge is 2.29. The van der Waals surface area contributed by atoms with Gasteiger partial charge in [-0.25, -0.2) is 13.6 Å². The predicted molar refractivity (Wildman–Crippen MR) is 83.7 cm³/mol. The fourth-order valence-electron chi connectivity index (χ4n) is 2.95. The first-order valence-electron chi connectivity index (χ1n) is 7.68. The molecule has 1 aliphatic rings. The van der Waals surface area contributed by atoms with E-state index in [1.54, 1.807) is 23.1 Å². The molecule has 2 aromatic rings. The first kappa shape index (κ1) is 15.5. The van der Waals surface area contributed by atoms with Crippen molar-refractivity contribution in [1.29, 1.82) is 0 Å². The van der Waals surface area contributed by atoms with Crippen molar-refractivity contribution in [3.05, 3.63) is 71.3 Å². The summed E-state index contributed by atoms with van der Waals surface area (Å²) in [6.45, 7) is 0.988. The molecule has 1 N–H and O–H groups in total. The molecule has 0 aromatic heterocycles. The lowest BCUT2D eigenvalue weighted by molar-refractivity contribution is 0.192. The van der Waals surface area contributed by atoms with Gasteiger partial charge in [0, 0.05) is 13.1 Å². The van der Waals surface area contributed by atoms with Crippen LogP contribution in [-0.2, 0) is 6.54 Å². The van der Waals surface area contributed by atoms with Crippen molar-refractivity contribution in [1.82, 2.24) is 10.2 Å². The minimum Gasteiger partial charge on any atom is -0.334 e. The largest absolute Gasteiger partial charge is 0.334 e. The average Bonchev–Trinajstić information content (AvgIpc) is 3.04. The van der Waals surface area contributed by atoms with Crippen molar-refractivity contribution >= 4 is 6.03 Å². The van der Waals surface area contributed by atoms with E-state index in [1.807, 2.05) is 6.07 Å². The molecule has 0 saturated carbocycles. The van der Waals surface area contributed by atoms with E-state index in [1.165, 1.54) is 24.3 Å². The van der Waals surface area contributed by atoms with Crippen molar-refractivity contribution in [2.45, 2.75) is 25.4 Å². The van der Waals surface area contributed by atoms with Gasteiger partial charge in [0.05, 0.1) is 6.04 Å². The maximum absolute atomic E-state index is 13.4. The van der Waals surface area contributed by atoms with E-state index in [2.05, 4.69) is 5.32 Å². The number of nitrogens with one attached hydrogen (secondary N) is 1. The van der Waals surface area contributed by atoms with E-state index in [4.69, 9.17) is 0 Å². The highest BCUT2D eigenvalue weighted by molar-refractivity contribution is 5.75. The number of carbonyl (C=O) groups is 1. The molecule has 0 bridgehead atoms. The highest BCUT2D eigenvalue weighted by Crippen LogP contribution is 2.32. The second-order valence-electron chi connectivity index (χ2n) is 5.69. The van der Waals surface area contributed by atoms with E-state index >= 15 is 0 Å². The smallest absolute Gasteiger partial charge is 0.318 e. The number of nitrogens with zero attached hydrogens (tertiary/aromatic N) is 1. The van der Waals surface area contributed by atoms with E-state index < -0.39 is 0 Å². The van der Waals surface area contributed by atoms with Crippen molar-refractivity contribution < 1.29 is 13.6 Å². The Balaban J connectivity index is 1.65. The molecule has 2 amide bonds. The molecule has 0 aliphatic carbocycles. The van der Waals surface area contributed by atoms with Crippen LogP contribution in [0.3, 0.4) is 0 Å². The summed E-state index contributed by atoms with van der Waals surface area (Å²) in [7, 11) is 0. The van der Waals surface area contributed by atoms with Crippen LogP contribution in [0.4, 0.5) is 13.6 Å². The Morgan fingerprint density at radius 2 is 1.91 bits per heavy atom. The molecule has 1 heterocycles. The zero-order valence-corrected chi connectivity index (χ0v) is 12.6. The maximum Gasteiger partial charge on any atom is 0.318 e. The zero-order valence-electron chi connectivity index (χ0n) is 12.6. The standard InChI is InChI=1S/C18H18F2N2O/c19-15-8-6-13(7-9-15)12-21-18(23)22-10-2-5-17(22)14-3-1-4-16(20)11-14/h1,3-4,6-9,11,17H,2,5,10,12H2,(H,21,23)/t17-/m1/s1. The van der Waals surface area contributed by atoms with E-state index in [-0.39, 0.29) is 23.7 Å². The third-order valence-corrected chi connectivity index (χ3v) is 4.10. The summed E-state index contributed by atoms with van der Waals surface area (Å²) in [5.74, 6) is -0.591. The second-order valence-corrected chi connectivity index (χ2v) is 5.69. The molecule has 0 radical (unpaired) electrons. The summed E-state index contributed by atoms with van der Waals surface area (Å²) < 4.78 is 26.3. The van der Waals surface area contributed by atoms with Gasteiger partial charge in [0.25, 0.3) is 0 Å². The number of hydrogen-bond acceptors (Lipinski definition) is 1. The minimum absolute atomic E-state index is 0.0982. The number of hydrogen-bond donors (Lipinski definition) is 1. The predicted octanol–water partition coefficient (Wildman–Crippen LogP) is 4.01. The Labute approximate surface area is 133 Å². The van der Waals surface area contributed by atoms with E-state index in [0.29, 0.717) is 13.1 Å². The van der Waals surface area contributed by atoms with Gasteiger partial charge < -0.3 is 10.2 Å². The van der Waals surface area contributed by atoms with Crippen LogP contribution in [0.15, 0.2) is 48.5 Å². The van der Waals surface area contributed by atoms with Crippen molar-refractivity contribution in [2.24, 2.45) is 0 Å². The Hall–Kier alpha value is -2.43. The van der Waals surface area contributed by atoms with Gasteiger partial charge in [-0.3, -0.25) is 0 Å². The quantitative estimate of drug-likeness (QED) is 0.911. The van der Waals surface area contributed by atoms with Gasteiger partial charge in [-0.2, -0.15) is 0 Å². The molecule has 120 valence electrons. The summed E-state index contributed by atoms with van der Waals surface area (Å²) in [6, 6.07) is 12.1. The average molecular weight is 316 g/mol. The molecule has 3 rings (SSSR count). The van der Waals surface area contributed by atoms with Crippen molar-refractivity contribution in [3.63, 3.8) is 0 Å². The van der Waals surface area contributed by atoms with Gasteiger partial charge in [0.1, 0.15) is 11.6 Å². The summed E-state index contributed by atoms with van der Waals surface area (Å²) in [4.78, 5) is 14.1. The lowest BCUT2D eigenvalue weighted by atomic mass is 10.0. The fourth-order valence-corrected chi connectivity index (χ4v) is 2.95. The van der Waals surface area contributed by atoms with Gasteiger partial charge in [-0.05, 0) is 48.2 Å². The molecule has 5 heteroatoms. The molecule has 1 aliphatic heterocycles. The third-order valence-electron chi connectivity index (χ3n) is 4.10. The number of amides is 2. The highest BCUT2D eigenvalue weighted by atomic mass is 19.1. The molecular formula is C18H18F2N2O. The van der Waals surface area contributed by atoms with Crippen LogP contribution in [0.2, 0.25) is 0 Å². The molecule has 0 spiro atoms. The van der Waals surface area contributed by atoms with Crippen LogP contribution in [0.1, 0.15) is 30.0 Å². The Kier molecular flexibility index (Phi) is 4.55. The summed E-state index contributed by atoms with van der Waals surface area (Å²) >= 11 is 0. The first-order valence-corrected chi connectivity index (χ1v) is 7.68. The molecular weight excluding hydrogens is 298 g/mol. The first-order chi connectivity index (χ1) is 11.1. The summed E-state index contributed by atoms with van der Waals surface area (Å²) in [6.07, 6.45) is 1.72. The lowest BCUT2D eigenvalue weighted by Crippen LogP contribution is -2.39. The van der Waals surface area contributed by atoms with E-state index in [9.17, 15) is 13.6 Å². The third kappa shape index (κ3) is 3.67. The summed E-state index contributed by atoms with van der Waals surface area (Å²) in [5, 5.41) is 2.85. The Morgan fingerprint density at radius 3 is 2.65 bits per heavy atom. The molecule has 1 atom stereocenters. The van der Waals surface area contributed by atoms with Crippen LogP contribution >= 0.6 is 0 Å².